The fraction of sp³-hybridized carbons (Fsp3) is 0.450. The highest BCUT2D eigenvalue weighted by atomic mass is 32.2. The number of sulfone groups is 1. The lowest BCUT2D eigenvalue weighted by Crippen LogP contribution is -2.16. The Morgan fingerprint density at radius 2 is 1.82 bits per heavy atom. The van der Waals surface area contributed by atoms with E-state index in [4.69, 9.17) is 0 Å². The van der Waals surface area contributed by atoms with E-state index in [1.165, 1.54) is 23.8 Å². The van der Waals surface area contributed by atoms with Crippen molar-refractivity contribution in [1.82, 2.24) is 19.5 Å². The van der Waals surface area contributed by atoms with E-state index in [0.717, 1.165) is 31.5 Å². The van der Waals surface area contributed by atoms with Gasteiger partial charge in [-0.3, -0.25) is 0 Å². The maximum atomic E-state index is 13.1. The van der Waals surface area contributed by atoms with Crippen LogP contribution in [0.5, 0.6) is 0 Å². The van der Waals surface area contributed by atoms with Crippen LogP contribution >= 0.6 is 0 Å². The largest absolute Gasteiger partial charge is 0.433 e. The molecule has 1 aliphatic heterocycles. The Balaban J connectivity index is 1.90. The smallest absolute Gasteiger partial charge is 0.324 e. The SMILES string of the molecule is CCS(=O)(=O)c1cc(N=S2(=O)CCCCC2)cnc1-c1nc2cc(C(F)(F)F)ncc2n1C. The molecule has 0 radical (unpaired) electrons. The van der Waals surface area contributed by atoms with Crippen molar-refractivity contribution in [2.45, 2.75) is 37.3 Å². The molecule has 3 aromatic rings. The van der Waals surface area contributed by atoms with Gasteiger partial charge >= 0.3 is 6.18 Å². The molecule has 0 aliphatic carbocycles. The van der Waals surface area contributed by atoms with Crippen molar-refractivity contribution >= 4 is 36.3 Å². The van der Waals surface area contributed by atoms with Crippen LogP contribution in [0.15, 0.2) is 33.8 Å². The molecule has 0 bridgehead atoms. The molecule has 1 saturated heterocycles. The van der Waals surface area contributed by atoms with Gasteiger partial charge in [-0.05, 0) is 25.0 Å². The molecular weight excluding hydrogens is 479 g/mol. The van der Waals surface area contributed by atoms with E-state index >= 15 is 0 Å². The van der Waals surface area contributed by atoms with Crippen molar-refractivity contribution in [3.63, 3.8) is 0 Å². The van der Waals surface area contributed by atoms with Crippen LogP contribution in [-0.4, -0.2) is 49.4 Å². The second-order valence-corrected chi connectivity index (χ2v) is 12.6. The van der Waals surface area contributed by atoms with Crippen molar-refractivity contribution in [1.29, 1.82) is 0 Å². The van der Waals surface area contributed by atoms with Gasteiger partial charge in [0.25, 0.3) is 0 Å². The molecule has 13 heteroatoms. The summed E-state index contributed by atoms with van der Waals surface area (Å²) >= 11 is 0. The van der Waals surface area contributed by atoms with E-state index < -0.39 is 31.4 Å². The molecule has 3 aromatic heterocycles. The summed E-state index contributed by atoms with van der Waals surface area (Å²) in [5.41, 5.74) is -0.618. The maximum Gasteiger partial charge on any atom is 0.433 e. The quantitative estimate of drug-likeness (QED) is 0.532. The molecule has 0 saturated carbocycles. The van der Waals surface area contributed by atoms with E-state index in [2.05, 4.69) is 19.3 Å². The van der Waals surface area contributed by atoms with Crippen molar-refractivity contribution in [2.24, 2.45) is 11.4 Å². The van der Waals surface area contributed by atoms with Gasteiger partial charge in [-0.15, -0.1) is 0 Å². The minimum atomic E-state index is -4.64. The van der Waals surface area contributed by atoms with Crippen molar-refractivity contribution in [3.05, 3.63) is 30.2 Å². The summed E-state index contributed by atoms with van der Waals surface area (Å²) in [5.74, 6) is 0.740. The van der Waals surface area contributed by atoms with Gasteiger partial charge in [0.2, 0.25) is 0 Å². The summed E-state index contributed by atoms with van der Waals surface area (Å²) in [4.78, 5) is 11.8. The monoisotopic (exact) mass is 501 g/mol. The van der Waals surface area contributed by atoms with Gasteiger partial charge in [0.05, 0.1) is 49.5 Å². The lowest BCUT2D eigenvalue weighted by Gasteiger charge is -2.15. The fourth-order valence-corrected chi connectivity index (χ4v) is 6.95. The maximum absolute atomic E-state index is 13.1. The zero-order valence-electron chi connectivity index (χ0n) is 18.0. The molecule has 1 fully saturated rings. The van der Waals surface area contributed by atoms with Crippen LogP contribution in [0, 0.1) is 0 Å². The van der Waals surface area contributed by atoms with Crippen molar-refractivity contribution in [3.8, 4) is 11.5 Å². The van der Waals surface area contributed by atoms with Gasteiger partial charge in [0.15, 0.2) is 15.7 Å². The van der Waals surface area contributed by atoms with E-state index in [0.29, 0.717) is 17.0 Å². The van der Waals surface area contributed by atoms with E-state index in [9.17, 15) is 25.8 Å². The lowest BCUT2D eigenvalue weighted by molar-refractivity contribution is -0.141. The highest BCUT2D eigenvalue weighted by Gasteiger charge is 2.33. The van der Waals surface area contributed by atoms with Crippen LogP contribution in [0.2, 0.25) is 0 Å². The molecule has 0 aromatic carbocycles. The van der Waals surface area contributed by atoms with E-state index in [1.807, 2.05) is 0 Å². The topological polar surface area (TPSA) is 107 Å². The molecule has 0 spiro atoms. The Morgan fingerprint density at radius 3 is 2.45 bits per heavy atom. The number of rotatable bonds is 4. The minimum absolute atomic E-state index is 0.00963. The number of alkyl halides is 3. The van der Waals surface area contributed by atoms with Gasteiger partial charge < -0.3 is 4.57 Å². The second kappa shape index (κ2) is 8.35. The summed E-state index contributed by atoms with van der Waals surface area (Å²) < 4.78 is 83.7. The summed E-state index contributed by atoms with van der Waals surface area (Å²) in [6.07, 6.45) is 0.296. The minimum Gasteiger partial charge on any atom is -0.324 e. The molecule has 4 rings (SSSR count). The molecule has 8 nitrogen and oxygen atoms in total. The number of imidazole rings is 1. The Morgan fingerprint density at radius 1 is 1.12 bits per heavy atom. The number of aryl methyl sites for hydroxylation is 1. The molecule has 0 atom stereocenters. The molecule has 0 N–H and O–H groups in total. The summed E-state index contributed by atoms with van der Waals surface area (Å²) in [6.45, 7) is 1.47. The Hall–Kier alpha value is -2.54. The van der Waals surface area contributed by atoms with Crippen LogP contribution < -0.4 is 0 Å². The highest BCUT2D eigenvalue weighted by molar-refractivity contribution is 7.93. The Kier molecular flexibility index (Phi) is 5.97. The third-order valence-corrected chi connectivity index (χ3v) is 9.66. The van der Waals surface area contributed by atoms with Gasteiger partial charge in [-0.25, -0.2) is 27.6 Å². The number of halogens is 3. The standard InChI is InChI=1S/C20H22F3N5O3S2/c1-3-33(30,31)16-9-13(27-32(29)7-5-4-6-8-32)11-25-18(16)19-26-14-10-17(20(21,22)23)24-12-15(14)28(19)2/h9-12H,3-8H2,1-2H3. The van der Waals surface area contributed by atoms with Crippen LogP contribution in [-0.2, 0) is 32.8 Å². The molecule has 0 unspecified atom stereocenters. The molecule has 1 aliphatic rings. The molecule has 178 valence electrons. The van der Waals surface area contributed by atoms with Crippen LogP contribution in [0.25, 0.3) is 22.6 Å². The number of hydrogen-bond acceptors (Lipinski definition) is 7. The highest BCUT2D eigenvalue weighted by Crippen LogP contribution is 2.34. The Bertz CT molecular complexity index is 1440. The zero-order chi connectivity index (χ0) is 24.0. The number of pyridine rings is 2. The molecule has 4 heterocycles. The first kappa shape index (κ1) is 23.6. The van der Waals surface area contributed by atoms with E-state index in [1.54, 1.807) is 7.05 Å². The first-order valence-corrected chi connectivity index (χ1v) is 13.8. The molecule has 0 amide bonds. The first-order chi connectivity index (χ1) is 15.4. The second-order valence-electron chi connectivity index (χ2n) is 7.83. The average Bonchev–Trinajstić information content (AvgIpc) is 3.09. The molecular formula is C20H22F3N5O3S2. The van der Waals surface area contributed by atoms with Crippen molar-refractivity contribution in [2.75, 3.05) is 17.3 Å². The predicted molar refractivity (Wildman–Crippen MR) is 118 cm³/mol. The third-order valence-electron chi connectivity index (χ3n) is 5.52. The van der Waals surface area contributed by atoms with Crippen molar-refractivity contribution < 1.29 is 25.8 Å². The van der Waals surface area contributed by atoms with Gasteiger partial charge in [0, 0.05) is 18.6 Å². The normalized spacial score (nSPS) is 16.8. The zero-order valence-corrected chi connectivity index (χ0v) is 19.6. The summed E-state index contributed by atoms with van der Waals surface area (Å²) in [7, 11) is -4.75. The lowest BCUT2D eigenvalue weighted by atomic mass is 10.3. The first-order valence-electron chi connectivity index (χ1n) is 10.3. The van der Waals surface area contributed by atoms with Crippen LogP contribution in [0.3, 0.4) is 0 Å². The van der Waals surface area contributed by atoms with Crippen LogP contribution in [0.4, 0.5) is 18.9 Å². The van der Waals surface area contributed by atoms with Gasteiger partial charge in [0.1, 0.15) is 11.4 Å². The fourth-order valence-electron chi connectivity index (χ4n) is 3.72. The summed E-state index contributed by atoms with van der Waals surface area (Å²) in [6, 6.07) is 2.13. The van der Waals surface area contributed by atoms with Crippen LogP contribution in [0.1, 0.15) is 31.9 Å². The number of aromatic nitrogens is 4. The number of hydrogen-bond donors (Lipinski definition) is 0. The van der Waals surface area contributed by atoms with E-state index in [-0.39, 0.29) is 33.4 Å². The number of nitrogens with zero attached hydrogens (tertiary/aromatic N) is 5. The van der Waals surface area contributed by atoms with Gasteiger partial charge in [-0.2, -0.15) is 17.5 Å². The third kappa shape index (κ3) is 4.60. The van der Waals surface area contributed by atoms with Gasteiger partial charge in [-0.1, -0.05) is 13.3 Å². The Labute approximate surface area is 189 Å². The predicted octanol–water partition coefficient (Wildman–Crippen LogP) is 4.13. The average molecular weight is 502 g/mol. The summed E-state index contributed by atoms with van der Waals surface area (Å²) in [5, 5.41) is 0. The molecule has 33 heavy (non-hydrogen) atoms. The number of fused-ring (bicyclic) bond motifs is 1.